The maximum Gasteiger partial charge on any atom is 0.216 e. The fourth-order valence-corrected chi connectivity index (χ4v) is 6.01. The topological polar surface area (TPSA) is 104 Å². The molecule has 2 N–H and O–H groups in total. The van der Waals surface area contributed by atoms with Crippen LogP contribution in [0.5, 0.6) is 0 Å². The standard InChI is InChI=1S/C26H39N5O3S/c1-25(2,3)18-27-22-13-12-21(28-24(22)31(6)30-32)20-14-15-26(4,5)23(16-20)29-35(33,34)17-19-10-8-7-9-11-19/h7-13,20,23,27,29H,14-18H2,1-6H3. The number of aromatic nitrogens is 1. The third kappa shape index (κ3) is 7.48. The molecule has 0 bridgehead atoms. The Hall–Kier alpha value is -2.52. The number of nitrogens with one attached hydrogen (secondary N) is 2. The molecule has 0 amide bonds. The number of pyridine rings is 1. The average molecular weight is 502 g/mol. The van der Waals surface area contributed by atoms with Gasteiger partial charge in [0, 0.05) is 31.2 Å². The molecule has 35 heavy (non-hydrogen) atoms. The average Bonchev–Trinajstić information content (AvgIpc) is 2.78. The molecule has 1 aliphatic rings. The molecular weight excluding hydrogens is 462 g/mol. The lowest BCUT2D eigenvalue weighted by atomic mass is 9.69. The summed E-state index contributed by atoms with van der Waals surface area (Å²) in [6.07, 6.45) is 2.39. The van der Waals surface area contributed by atoms with Gasteiger partial charge in [0.2, 0.25) is 10.0 Å². The second kappa shape index (κ2) is 10.6. The molecule has 0 spiro atoms. The van der Waals surface area contributed by atoms with Crippen LogP contribution in [0.4, 0.5) is 11.5 Å². The van der Waals surface area contributed by atoms with Gasteiger partial charge in [-0.1, -0.05) is 65.0 Å². The fraction of sp³-hybridized carbons (Fsp3) is 0.577. The van der Waals surface area contributed by atoms with Gasteiger partial charge >= 0.3 is 0 Å². The highest BCUT2D eigenvalue weighted by Gasteiger charge is 2.39. The Kier molecular flexibility index (Phi) is 8.21. The van der Waals surface area contributed by atoms with Crippen molar-refractivity contribution in [1.82, 2.24) is 9.71 Å². The second-order valence-electron chi connectivity index (χ2n) is 11.5. The number of anilines is 2. The Morgan fingerprint density at radius 1 is 1.14 bits per heavy atom. The first-order valence-electron chi connectivity index (χ1n) is 12.2. The molecule has 1 saturated carbocycles. The minimum atomic E-state index is -3.51. The maximum absolute atomic E-state index is 13.0. The molecule has 8 nitrogen and oxygen atoms in total. The van der Waals surface area contributed by atoms with Gasteiger partial charge in [-0.3, -0.25) is 0 Å². The largest absolute Gasteiger partial charge is 0.381 e. The Labute approximate surface area is 209 Å². The van der Waals surface area contributed by atoms with Gasteiger partial charge in [-0.25, -0.2) is 23.1 Å². The maximum atomic E-state index is 13.0. The van der Waals surface area contributed by atoms with E-state index in [1.54, 1.807) is 7.05 Å². The van der Waals surface area contributed by atoms with E-state index in [4.69, 9.17) is 4.98 Å². The van der Waals surface area contributed by atoms with Crippen molar-refractivity contribution in [2.24, 2.45) is 16.1 Å². The molecular formula is C26H39N5O3S. The van der Waals surface area contributed by atoms with Crippen LogP contribution < -0.4 is 15.0 Å². The zero-order valence-electron chi connectivity index (χ0n) is 21.7. The van der Waals surface area contributed by atoms with E-state index in [-0.39, 0.29) is 28.5 Å². The van der Waals surface area contributed by atoms with Crippen LogP contribution in [-0.4, -0.2) is 33.0 Å². The highest BCUT2D eigenvalue weighted by molar-refractivity contribution is 7.88. The highest BCUT2D eigenvalue weighted by atomic mass is 32.2. The Balaban J connectivity index is 1.81. The lowest BCUT2D eigenvalue weighted by Crippen LogP contribution is -2.48. The monoisotopic (exact) mass is 501 g/mol. The summed E-state index contributed by atoms with van der Waals surface area (Å²) in [4.78, 5) is 16.1. The minimum Gasteiger partial charge on any atom is -0.381 e. The van der Waals surface area contributed by atoms with E-state index in [1.165, 1.54) is 5.01 Å². The number of sulfonamides is 1. The third-order valence-electron chi connectivity index (χ3n) is 6.68. The van der Waals surface area contributed by atoms with E-state index in [0.29, 0.717) is 12.2 Å². The number of benzene rings is 1. The molecule has 1 aromatic carbocycles. The van der Waals surface area contributed by atoms with Crippen molar-refractivity contribution in [2.75, 3.05) is 23.9 Å². The molecule has 0 radical (unpaired) electrons. The summed E-state index contributed by atoms with van der Waals surface area (Å²) in [5.74, 6) is 0.507. The smallest absolute Gasteiger partial charge is 0.216 e. The normalized spacial score (nSPS) is 20.3. The molecule has 2 unspecified atom stereocenters. The molecule has 192 valence electrons. The first-order valence-corrected chi connectivity index (χ1v) is 13.8. The van der Waals surface area contributed by atoms with Crippen LogP contribution >= 0.6 is 0 Å². The summed E-state index contributed by atoms with van der Waals surface area (Å²) in [5.41, 5.74) is 2.24. The van der Waals surface area contributed by atoms with Crippen molar-refractivity contribution in [1.29, 1.82) is 0 Å². The molecule has 1 heterocycles. The molecule has 1 fully saturated rings. The van der Waals surface area contributed by atoms with E-state index < -0.39 is 10.0 Å². The van der Waals surface area contributed by atoms with Crippen LogP contribution in [0.1, 0.15) is 71.1 Å². The van der Waals surface area contributed by atoms with E-state index >= 15 is 0 Å². The summed E-state index contributed by atoms with van der Waals surface area (Å²) in [6, 6.07) is 12.9. The highest BCUT2D eigenvalue weighted by Crippen LogP contribution is 2.43. The SMILES string of the molecule is CN(N=O)c1nc(C2CCC(C)(C)C(NS(=O)(=O)Cc3ccccc3)C2)ccc1NCC(C)(C)C. The zero-order valence-corrected chi connectivity index (χ0v) is 22.5. The Morgan fingerprint density at radius 3 is 2.46 bits per heavy atom. The second-order valence-corrected chi connectivity index (χ2v) is 13.3. The molecule has 1 aliphatic carbocycles. The van der Waals surface area contributed by atoms with Crippen LogP contribution in [0.15, 0.2) is 47.8 Å². The van der Waals surface area contributed by atoms with Crippen LogP contribution in [0.3, 0.4) is 0 Å². The number of rotatable bonds is 9. The van der Waals surface area contributed by atoms with Crippen molar-refractivity contribution in [3.8, 4) is 0 Å². The number of nitroso groups, excluding NO2 is 1. The van der Waals surface area contributed by atoms with E-state index in [0.717, 1.165) is 36.3 Å². The van der Waals surface area contributed by atoms with Gasteiger partial charge in [-0.15, -0.1) is 4.91 Å². The lowest BCUT2D eigenvalue weighted by Gasteiger charge is -2.42. The van der Waals surface area contributed by atoms with Gasteiger partial charge in [0.25, 0.3) is 0 Å². The van der Waals surface area contributed by atoms with E-state index in [9.17, 15) is 13.3 Å². The van der Waals surface area contributed by atoms with Crippen molar-refractivity contribution >= 4 is 21.5 Å². The van der Waals surface area contributed by atoms with Gasteiger partial charge in [0.1, 0.15) is 0 Å². The fourth-order valence-electron chi connectivity index (χ4n) is 4.44. The van der Waals surface area contributed by atoms with Crippen LogP contribution in [0.2, 0.25) is 0 Å². The van der Waals surface area contributed by atoms with Gasteiger partial charge in [0.05, 0.1) is 16.7 Å². The summed E-state index contributed by atoms with van der Waals surface area (Å²) in [7, 11) is -1.92. The summed E-state index contributed by atoms with van der Waals surface area (Å²) >= 11 is 0. The number of nitrogens with zero attached hydrogens (tertiary/aromatic N) is 3. The van der Waals surface area contributed by atoms with Gasteiger partial charge in [-0.05, 0) is 47.8 Å². The predicted octanol–water partition coefficient (Wildman–Crippen LogP) is 5.44. The predicted molar refractivity (Wildman–Crippen MR) is 143 cm³/mol. The molecule has 0 aliphatic heterocycles. The van der Waals surface area contributed by atoms with Crippen molar-refractivity contribution < 1.29 is 8.42 Å². The van der Waals surface area contributed by atoms with Gasteiger partial charge in [-0.2, -0.15) is 0 Å². The summed E-state index contributed by atoms with van der Waals surface area (Å²) in [6.45, 7) is 11.3. The van der Waals surface area contributed by atoms with Crippen molar-refractivity contribution in [3.05, 3.63) is 58.6 Å². The molecule has 9 heteroatoms. The first kappa shape index (κ1) is 27.1. The number of hydrogen-bond donors (Lipinski definition) is 2. The quantitative estimate of drug-likeness (QED) is 0.350. The zero-order chi connectivity index (χ0) is 25.9. The van der Waals surface area contributed by atoms with E-state index in [1.807, 2.05) is 42.5 Å². The summed E-state index contributed by atoms with van der Waals surface area (Å²) < 4.78 is 29.0. The molecule has 0 saturated heterocycles. The van der Waals surface area contributed by atoms with Crippen molar-refractivity contribution in [2.45, 2.75) is 71.6 Å². The van der Waals surface area contributed by atoms with Gasteiger partial charge < -0.3 is 5.32 Å². The van der Waals surface area contributed by atoms with Crippen LogP contribution in [0.25, 0.3) is 0 Å². The third-order valence-corrected chi connectivity index (χ3v) is 8.03. The number of hydrogen-bond acceptors (Lipinski definition) is 6. The summed E-state index contributed by atoms with van der Waals surface area (Å²) in [5, 5.41) is 7.68. The van der Waals surface area contributed by atoms with Gasteiger partial charge in [0.15, 0.2) is 5.82 Å². The molecule has 2 atom stereocenters. The molecule has 3 rings (SSSR count). The van der Waals surface area contributed by atoms with Crippen LogP contribution in [-0.2, 0) is 15.8 Å². The van der Waals surface area contributed by atoms with Crippen molar-refractivity contribution in [3.63, 3.8) is 0 Å². The Bertz CT molecular complexity index is 1110. The minimum absolute atomic E-state index is 0.0442. The molecule has 1 aromatic heterocycles. The first-order chi connectivity index (χ1) is 16.3. The lowest BCUT2D eigenvalue weighted by molar-refractivity contribution is 0.170. The van der Waals surface area contributed by atoms with E-state index in [2.05, 4.69) is 49.9 Å². The Morgan fingerprint density at radius 2 is 1.83 bits per heavy atom. The molecule has 2 aromatic rings. The van der Waals surface area contributed by atoms with Crippen LogP contribution in [0, 0.1) is 15.7 Å².